The largest absolute Gasteiger partial charge is 0.488 e. The number of cyclic esters (lactones) is 1. The molecule has 1 saturated carbocycles. The Morgan fingerprint density at radius 1 is 1.19 bits per heavy atom. The van der Waals surface area contributed by atoms with Gasteiger partial charge in [0, 0.05) is 23.7 Å². The minimum atomic E-state index is -0.485. The number of fused-ring (bicyclic) bond motifs is 1. The van der Waals surface area contributed by atoms with Crippen LogP contribution < -0.4 is 14.8 Å². The summed E-state index contributed by atoms with van der Waals surface area (Å²) in [6, 6.07) is 8.22. The van der Waals surface area contributed by atoms with Crippen LogP contribution in [-0.4, -0.2) is 59.8 Å². The molecule has 1 unspecified atom stereocenters. The van der Waals surface area contributed by atoms with E-state index in [2.05, 4.69) is 20.2 Å². The second-order valence-corrected chi connectivity index (χ2v) is 9.59. The van der Waals surface area contributed by atoms with E-state index < -0.39 is 5.82 Å². The van der Waals surface area contributed by atoms with Crippen molar-refractivity contribution < 1.29 is 23.4 Å². The SMILES string of the molecule is CN(CCOc1cc2ncnc(Nc3ccc(F)c(Cl)c3)c2cc1OC1CCCC1)C1COC(=O)C1. The molecule has 1 aromatic heterocycles. The van der Waals surface area contributed by atoms with Gasteiger partial charge in [-0.3, -0.25) is 9.69 Å². The maximum absolute atomic E-state index is 13.6. The summed E-state index contributed by atoms with van der Waals surface area (Å²) >= 11 is 5.95. The molecule has 1 aliphatic heterocycles. The number of halogens is 2. The third-order valence-corrected chi connectivity index (χ3v) is 6.93. The number of aromatic nitrogens is 2. The lowest BCUT2D eigenvalue weighted by Crippen LogP contribution is -2.35. The molecule has 1 N–H and O–H groups in total. The minimum Gasteiger partial charge on any atom is -0.488 e. The molecule has 2 fully saturated rings. The number of rotatable bonds is 9. The predicted octanol–water partition coefficient (Wildman–Crippen LogP) is 5.11. The number of carbonyl (C=O) groups is 1. The Morgan fingerprint density at radius 2 is 2.03 bits per heavy atom. The molecule has 0 bridgehead atoms. The van der Waals surface area contributed by atoms with Gasteiger partial charge in [0.25, 0.3) is 0 Å². The van der Waals surface area contributed by atoms with Crippen molar-refractivity contribution >= 4 is 40.0 Å². The van der Waals surface area contributed by atoms with Gasteiger partial charge in [0.1, 0.15) is 31.2 Å². The van der Waals surface area contributed by atoms with Crippen LogP contribution >= 0.6 is 11.6 Å². The quantitative estimate of drug-likeness (QED) is 0.394. The zero-order chi connectivity index (χ0) is 25.1. The standard InChI is InChI=1S/C26H28ClFN4O4/c1-32(17-11-25(33)35-14-17)8-9-34-23-13-22-19(12-24(23)36-18-4-2-3-5-18)26(30-15-29-22)31-16-6-7-21(28)20(27)10-16/h6-7,10,12-13,15,17-18H,2-5,8-9,11,14H2,1H3,(H,29,30,31). The van der Waals surface area contributed by atoms with Crippen LogP contribution in [0.4, 0.5) is 15.9 Å². The topological polar surface area (TPSA) is 85.8 Å². The summed E-state index contributed by atoms with van der Waals surface area (Å²) in [4.78, 5) is 22.3. The molecule has 3 aromatic rings. The van der Waals surface area contributed by atoms with Gasteiger partial charge in [0.15, 0.2) is 11.5 Å². The number of carbonyl (C=O) groups excluding carboxylic acids is 1. The zero-order valence-electron chi connectivity index (χ0n) is 20.0. The molecule has 8 nitrogen and oxygen atoms in total. The molecule has 1 aliphatic carbocycles. The van der Waals surface area contributed by atoms with Crippen molar-refractivity contribution in [3.8, 4) is 11.5 Å². The monoisotopic (exact) mass is 514 g/mol. The number of likely N-dealkylation sites (N-methyl/N-ethyl adjacent to an activating group) is 1. The van der Waals surface area contributed by atoms with E-state index in [4.69, 9.17) is 25.8 Å². The van der Waals surface area contributed by atoms with Crippen molar-refractivity contribution in [3.05, 3.63) is 47.5 Å². The maximum Gasteiger partial charge on any atom is 0.307 e. The number of hydrogen-bond donors (Lipinski definition) is 1. The average Bonchev–Trinajstić information content (AvgIpc) is 3.54. The maximum atomic E-state index is 13.6. The van der Waals surface area contributed by atoms with Crippen LogP contribution in [0.25, 0.3) is 10.9 Å². The second kappa shape index (κ2) is 10.8. The van der Waals surface area contributed by atoms with Crippen molar-refractivity contribution in [1.82, 2.24) is 14.9 Å². The lowest BCUT2D eigenvalue weighted by Gasteiger charge is -2.23. The van der Waals surface area contributed by atoms with E-state index >= 15 is 0 Å². The highest BCUT2D eigenvalue weighted by Crippen LogP contribution is 2.37. The highest BCUT2D eigenvalue weighted by atomic mass is 35.5. The molecule has 190 valence electrons. The molecule has 0 spiro atoms. The Bertz CT molecular complexity index is 1250. The van der Waals surface area contributed by atoms with Gasteiger partial charge in [-0.1, -0.05) is 11.6 Å². The Kier molecular flexibility index (Phi) is 7.38. The van der Waals surface area contributed by atoms with Crippen molar-refractivity contribution in [2.75, 3.05) is 32.1 Å². The van der Waals surface area contributed by atoms with Gasteiger partial charge < -0.3 is 19.5 Å². The first kappa shape index (κ1) is 24.5. The van der Waals surface area contributed by atoms with Gasteiger partial charge in [0.05, 0.1) is 29.1 Å². The molecule has 2 aromatic carbocycles. The van der Waals surface area contributed by atoms with Crippen molar-refractivity contribution in [1.29, 1.82) is 0 Å². The third-order valence-electron chi connectivity index (χ3n) is 6.64. The summed E-state index contributed by atoms with van der Waals surface area (Å²) in [6.07, 6.45) is 6.27. The number of hydrogen-bond acceptors (Lipinski definition) is 8. The van der Waals surface area contributed by atoms with Gasteiger partial charge >= 0.3 is 5.97 Å². The molecular formula is C26H28ClFN4O4. The van der Waals surface area contributed by atoms with E-state index in [0.717, 1.165) is 31.1 Å². The summed E-state index contributed by atoms with van der Waals surface area (Å²) in [7, 11) is 1.96. The van der Waals surface area contributed by atoms with Crippen LogP contribution in [0.3, 0.4) is 0 Å². The Balaban J connectivity index is 1.38. The van der Waals surface area contributed by atoms with Gasteiger partial charge in [0.2, 0.25) is 0 Å². The lowest BCUT2D eigenvalue weighted by atomic mass is 10.2. The highest BCUT2D eigenvalue weighted by Gasteiger charge is 2.27. The summed E-state index contributed by atoms with van der Waals surface area (Å²) in [5.41, 5.74) is 1.29. The summed E-state index contributed by atoms with van der Waals surface area (Å²) in [5.74, 6) is 1.14. The Hall–Kier alpha value is -3.17. The fourth-order valence-electron chi connectivity index (χ4n) is 4.53. The van der Waals surface area contributed by atoms with Crippen LogP contribution in [0.2, 0.25) is 5.02 Å². The minimum absolute atomic E-state index is 0.0257. The molecule has 0 amide bonds. The molecule has 36 heavy (non-hydrogen) atoms. The van der Waals surface area contributed by atoms with Gasteiger partial charge in [-0.15, -0.1) is 0 Å². The van der Waals surface area contributed by atoms with Crippen molar-refractivity contribution in [2.24, 2.45) is 0 Å². The molecular weight excluding hydrogens is 487 g/mol. The number of anilines is 2. The second-order valence-electron chi connectivity index (χ2n) is 9.19. The molecule has 0 radical (unpaired) electrons. The fraction of sp³-hybridized carbons (Fsp3) is 0.423. The predicted molar refractivity (Wildman–Crippen MR) is 135 cm³/mol. The van der Waals surface area contributed by atoms with Gasteiger partial charge in [-0.25, -0.2) is 14.4 Å². The number of nitrogens with one attached hydrogen (secondary N) is 1. The molecule has 1 atom stereocenters. The van der Waals surface area contributed by atoms with Crippen LogP contribution in [0.5, 0.6) is 11.5 Å². The fourth-order valence-corrected chi connectivity index (χ4v) is 4.71. The highest BCUT2D eigenvalue weighted by molar-refractivity contribution is 6.31. The van der Waals surface area contributed by atoms with Gasteiger partial charge in [-0.05, 0) is 57.0 Å². The molecule has 10 heteroatoms. The number of nitrogens with zero attached hydrogens (tertiary/aromatic N) is 3. The van der Waals surface area contributed by atoms with E-state index in [9.17, 15) is 9.18 Å². The third kappa shape index (κ3) is 5.63. The molecule has 5 rings (SSSR count). The first-order valence-corrected chi connectivity index (χ1v) is 12.5. The van der Waals surface area contributed by atoms with Crippen molar-refractivity contribution in [2.45, 2.75) is 44.2 Å². The normalized spacial score (nSPS) is 18.1. The van der Waals surface area contributed by atoms with Crippen LogP contribution in [0.15, 0.2) is 36.7 Å². The average molecular weight is 515 g/mol. The lowest BCUT2D eigenvalue weighted by molar-refractivity contribution is -0.137. The molecule has 2 heterocycles. The number of benzene rings is 2. The summed E-state index contributed by atoms with van der Waals surface area (Å²) in [5, 5.41) is 3.98. The number of ether oxygens (including phenoxy) is 3. The molecule has 2 aliphatic rings. The van der Waals surface area contributed by atoms with E-state index in [0.29, 0.717) is 54.7 Å². The first-order chi connectivity index (χ1) is 17.5. The number of esters is 1. The van der Waals surface area contributed by atoms with E-state index in [1.54, 1.807) is 6.07 Å². The van der Waals surface area contributed by atoms with Crippen LogP contribution in [0, 0.1) is 5.82 Å². The first-order valence-electron chi connectivity index (χ1n) is 12.1. The van der Waals surface area contributed by atoms with Gasteiger partial charge in [-0.2, -0.15) is 0 Å². The van der Waals surface area contributed by atoms with Crippen molar-refractivity contribution in [3.63, 3.8) is 0 Å². The van der Waals surface area contributed by atoms with E-state index in [1.807, 2.05) is 19.2 Å². The van der Waals surface area contributed by atoms with Crippen LogP contribution in [0.1, 0.15) is 32.1 Å². The summed E-state index contributed by atoms with van der Waals surface area (Å²) < 4.78 is 31.2. The van der Waals surface area contributed by atoms with E-state index in [1.165, 1.54) is 18.5 Å². The van der Waals surface area contributed by atoms with E-state index in [-0.39, 0.29) is 23.1 Å². The zero-order valence-corrected chi connectivity index (χ0v) is 20.8. The molecule has 1 saturated heterocycles. The summed E-state index contributed by atoms with van der Waals surface area (Å²) in [6.45, 7) is 1.45. The van der Waals surface area contributed by atoms with Crippen LogP contribution in [-0.2, 0) is 9.53 Å². The Morgan fingerprint density at radius 3 is 2.78 bits per heavy atom. The Labute approximate surface area is 213 Å². The smallest absolute Gasteiger partial charge is 0.307 e.